The van der Waals surface area contributed by atoms with Crippen LogP contribution in [0.5, 0.6) is 0 Å². The van der Waals surface area contributed by atoms with Gasteiger partial charge in [0.05, 0.1) is 19.1 Å². The molecule has 2 bridgehead atoms. The number of esters is 2. The smallest absolute Gasteiger partial charge is 0.315 e. The maximum atomic E-state index is 14.3. The number of carbonyl (C=O) groups excluding carboxylic acids is 2. The molecular weight excluding hydrogens is 440 g/mol. The minimum absolute atomic E-state index is 0.00569. The van der Waals surface area contributed by atoms with Crippen LogP contribution < -0.4 is 0 Å². The Morgan fingerprint density at radius 3 is 2.43 bits per heavy atom. The van der Waals surface area contributed by atoms with Crippen LogP contribution in [0, 0.1) is 50.7 Å². The highest BCUT2D eigenvalue weighted by atomic mass is 16.6. The van der Waals surface area contributed by atoms with Crippen molar-refractivity contribution in [3.63, 3.8) is 0 Å². The van der Waals surface area contributed by atoms with Crippen molar-refractivity contribution in [1.29, 1.82) is 0 Å². The van der Waals surface area contributed by atoms with Crippen molar-refractivity contribution in [2.75, 3.05) is 13.7 Å². The number of ether oxygens (including phenoxy) is 2. The van der Waals surface area contributed by atoms with Gasteiger partial charge in [-0.15, -0.1) is 0 Å². The first-order chi connectivity index (χ1) is 16.4. The molecule has 5 nitrogen and oxygen atoms in total. The molecule has 1 spiro atoms. The summed E-state index contributed by atoms with van der Waals surface area (Å²) < 4.78 is 12.1. The molecule has 5 aliphatic carbocycles. The second kappa shape index (κ2) is 6.82. The zero-order valence-electron chi connectivity index (χ0n) is 22.1. The van der Waals surface area contributed by atoms with Crippen molar-refractivity contribution in [3.8, 4) is 0 Å². The van der Waals surface area contributed by atoms with Gasteiger partial charge >= 0.3 is 11.9 Å². The fourth-order valence-electron chi connectivity index (χ4n) is 11.5. The van der Waals surface area contributed by atoms with Gasteiger partial charge in [-0.05, 0) is 81.0 Å². The average molecular weight is 483 g/mol. The number of carbonyl (C=O) groups is 2. The molecule has 10 unspecified atom stereocenters. The van der Waals surface area contributed by atoms with Crippen LogP contribution >= 0.6 is 0 Å². The third kappa shape index (κ3) is 2.24. The lowest BCUT2D eigenvalue weighted by Crippen LogP contribution is -2.68. The highest BCUT2D eigenvalue weighted by molar-refractivity contribution is 5.88. The van der Waals surface area contributed by atoms with E-state index < -0.39 is 16.4 Å². The molecule has 0 radical (unpaired) electrons. The Morgan fingerprint density at radius 1 is 1.06 bits per heavy atom. The molecule has 6 rings (SSSR count). The van der Waals surface area contributed by atoms with Gasteiger partial charge in [0.2, 0.25) is 0 Å². The van der Waals surface area contributed by atoms with Gasteiger partial charge in [0, 0.05) is 17.3 Å². The van der Waals surface area contributed by atoms with Crippen LogP contribution in [0.15, 0.2) is 24.3 Å². The summed E-state index contributed by atoms with van der Waals surface area (Å²) in [5.41, 5.74) is -1.63. The highest BCUT2D eigenvalue weighted by Gasteiger charge is 2.86. The van der Waals surface area contributed by atoms with Crippen LogP contribution in [0.1, 0.15) is 79.1 Å². The first-order valence-electron chi connectivity index (χ1n) is 13.7. The van der Waals surface area contributed by atoms with Crippen molar-refractivity contribution < 1.29 is 24.2 Å². The second-order valence-electron chi connectivity index (χ2n) is 13.7. The molecule has 0 aromatic carbocycles. The van der Waals surface area contributed by atoms with E-state index in [1.54, 1.807) is 0 Å². The summed E-state index contributed by atoms with van der Waals surface area (Å²) >= 11 is 0. The van der Waals surface area contributed by atoms with Crippen molar-refractivity contribution >= 4 is 11.9 Å². The summed E-state index contributed by atoms with van der Waals surface area (Å²) in [4.78, 5) is 27.8. The lowest BCUT2D eigenvalue weighted by atomic mass is 9.34. The van der Waals surface area contributed by atoms with Crippen LogP contribution in [-0.4, -0.2) is 36.4 Å². The van der Waals surface area contributed by atoms with E-state index >= 15 is 0 Å². The van der Waals surface area contributed by atoms with E-state index in [0.29, 0.717) is 31.1 Å². The fraction of sp³-hybridized carbons (Fsp3) is 0.800. The number of fused-ring (bicyclic) bond motifs is 3. The molecule has 10 atom stereocenters. The maximum Gasteiger partial charge on any atom is 0.315 e. The summed E-state index contributed by atoms with van der Waals surface area (Å²) in [5, 5.41) is 10.3. The van der Waals surface area contributed by atoms with Gasteiger partial charge < -0.3 is 14.6 Å². The molecule has 35 heavy (non-hydrogen) atoms. The molecule has 0 aromatic heterocycles. The van der Waals surface area contributed by atoms with Crippen LogP contribution in [0.25, 0.3) is 0 Å². The van der Waals surface area contributed by atoms with E-state index in [4.69, 9.17) is 9.47 Å². The van der Waals surface area contributed by atoms with Gasteiger partial charge in [0.1, 0.15) is 11.0 Å². The highest BCUT2D eigenvalue weighted by Crippen LogP contribution is 2.81. The molecule has 6 aliphatic rings. The van der Waals surface area contributed by atoms with E-state index in [1.165, 1.54) is 7.11 Å². The second-order valence-corrected chi connectivity index (χ2v) is 13.7. The molecule has 192 valence electrons. The third-order valence-corrected chi connectivity index (χ3v) is 12.9. The Bertz CT molecular complexity index is 1050. The molecule has 4 saturated carbocycles. The van der Waals surface area contributed by atoms with Gasteiger partial charge in [-0.3, -0.25) is 9.59 Å². The van der Waals surface area contributed by atoms with E-state index in [9.17, 15) is 14.7 Å². The minimum Gasteiger partial charge on any atom is -0.468 e. The molecular formula is C30H42O5. The summed E-state index contributed by atoms with van der Waals surface area (Å²) in [6.45, 7) is 13.4. The van der Waals surface area contributed by atoms with Crippen LogP contribution in [0.3, 0.4) is 0 Å². The molecule has 0 aromatic rings. The maximum absolute atomic E-state index is 14.3. The van der Waals surface area contributed by atoms with Crippen LogP contribution in [0.2, 0.25) is 0 Å². The summed E-state index contributed by atoms with van der Waals surface area (Å²) in [6, 6.07) is 0. The van der Waals surface area contributed by atoms with Gasteiger partial charge in [-0.1, -0.05) is 45.1 Å². The molecule has 1 N–H and O–H groups in total. The van der Waals surface area contributed by atoms with E-state index in [-0.39, 0.29) is 46.6 Å². The number of hydrogen-bond donors (Lipinski definition) is 1. The Labute approximate surface area is 209 Å². The average Bonchev–Trinajstić information content (AvgIpc) is 3.38. The normalized spacial score (nSPS) is 55.4. The predicted molar refractivity (Wildman–Crippen MR) is 132 cm³/mol. The quantitative estimate of drug-likeness (QED) is 0.441. The molecule has 5 heteroatoms. The third-order valence-electron chi connectivity index (χ3n) is 12.9. The topological polar surface area (TPSA) is 72.8 Å². The monoisotopic (exact) mass is 482 g/mol. The Balaban J connectivity index is 1.51. The van der Waals surface area contributed by atoms with Crippen molar-refractivity contribution in [3.05, 3.63) is 24.3 Å². The van der Waals surface area contributed by atoms with Gasteiger partial charge in [-0.25, -0.2) is 0 Å². The Hall–Kier alpha value is -1.62. The van der Waals surface area contributed by atoms with Crippen LogP contribution in [0.4, 0.5) is 0 Å². The first kappa shape index (κ1) is 23.8. The van der Waals surface area contributed by atoms with E-state index in [0.717, 1.165) is 37.7 Å². The zero-order valence-corrected chi connectivity index (χ0v) is 22.1. The summed E-state index contributed by atoms with van der Waals surface area (Å²) in [7, 11) is 1.47. The van der Waals surface area contributed by atoms with Crippen molar-refractivity contribution in [2.45, 2.75) is 84.7 Å². The zero-order chi connectivity index (χ0) is 25.2. The standard InChI is InChI=1S/C30H42O5/c1-18(2)19-9-12-28(23(32)34-6)15-16-29-22(30(19,28)35-24(29)33)8-7-21-26(4)14-13-25(3,17-31)20(26)10-11-27(21,29)5/h13-14,19-22,31H,1,7-12,15-17H2,2-6H3. The number of hydrogen-bond acceptors (Lipinski definition) is 5. The summed E-state index contributed by atoms with van der Waals surface area (Å²) in [5.74, 6) is 0.453. The van der Waals surface area contributed by atoms with Gasteiger partial charge in [0.15, 0.2) is 0 Å². The van der Waals surface area contributed by atoms with Crippen molar-refractivity contribution in [1.82, 2.24) is 0 Å². The summed E-state index contributed by atoms with van der Waals surface area (Å²) in [6.07, 6.45) is 11.4. The van der Waals surface area contributed by atoms with Gasteiger partial charge in [0.25, 0.3) is 0 Å². The number of rotatable bonds is 3. The van der Waals surface area contributed by atoms with E-state index in [2.05, 4.69) is 39.5 Å². The lowest BCUT2D eigenvalue weighted by molar-refractivity contribution is -0.216. The Morgan fingerprint density at radius 2 is 1.77 bits per heavy atom. The Kier molecular flexibility index (Phi) is 4.63. The number of allylic oxidation sites excluding steroid dienone is 1. The number of aliphatic hydroxyl groups is 1. The molecule has 5 fully saturated rings. The predicted octanol–water partition coefficient (Wildman–Crippen LogP) is 5.22. The van der Waals surface area contributed by atoms with Crippen molar-refractivity contribution in [2.24, 2.45) is 50.7 Å². The number of aliphatic hydroxyl groups excluding tert-OH is 1. The molecule has 1 saturated heterocycles. The SMILES string of the molecule is C=C(C)C1CCC2(C(=O)OC)CCC34C(=O)OC12C3CCC1C2(C)C=CC(C)(CO)C2CCC14C. The van der Waals surface area contributed by atoms with Crippen LogP contribution in [-0.2, 0) is 19.1 Å². The van der Waals surface area contributed by atoms with Gasteiger partial charge in [-0.2, -0.15) is 0 Å². The molecule has 0 amide bonds. The lowest BCUT2D eigenvalue weighted by Gasteiger charge is -2.67. The number of methoxy groups -OCH3 is 1. The fourth-order valence-corrected chi connectivity index (χ4v) is 11.5. The first-order valence-corrected chi connectivity index (χ1v) is 13.7. The minimum atomic E-state index is -0.835. The largest absolute Gasteiger partial charge is 0.468 e. The van der Waals surface area contributed by atoms with E-state index in [1.807, 2.05) is 6.92 Å². The molecule has 1 aliphatic heterocycles. The molecule has 1 heterocycles.